The Bertz CT molecular complexity index is 543. The van der Waals surface area contributed by atoms with Gasteiger partial charge in [0.25, 0.3) is 5.91 Å². The number of unbranched alkanes of at least 4 members (excludes halogenated alkanes) is 1. The fourth-order valence-electron chi connectivity index (χ4n) is 1.96. The van der Waals surface area contributed by atoms with Gasteiger partial charge in [0.15, 0.2) is 0 Å². The van der Waals surface area contributed by atoms with Crippen molar-refractivity contribution in [2.75, 3.05) is 13.7 Å². The zero-order chi connectivity index (χ0) is 17.1. The van der Waals surface area contributed by atoms with Crippen molar-refractivity contribution >= 4 is 17.8 Å². The van der Waals surface area contributed by atoms with Crippen LogP contribution in [0.2, 0.25) is 0 Å². The lowest BCUT2D eigenvalue weighted by Crippen LogP contribution is -2.46. The molecule has 1 aromatic rings. The first kappa shape index (κ1) is 18.4. The Morgan fingerprint density at radius 1 is 1.26 bits per heavy atom. The first-order valence-electron chi connectivity index (χ1n) is 7.39. The number of amides is 2. The van der Waals surface area contributed by atoms with E-state index in [1.807, 2.05) is 0 Å². The summed E-state index contributed by atoms with van der Waals surface area (Å²) in [5.74, 6) is -1.29. The highest BCUT2D eigenvalue weighted by Gasteiger charge is 2.21. The number of rotatable bonds is 9. The second kappa shape index (κ2) is 10.2. The fourth-order valence-corrected chi connectivity index (χ4v) is 1.96. The van der Waals surface area contributed by atoms with Gasteiger partial charge in [0.1, 0.15) is 6.04 Å². The van der Waals surface area contributed by atoms with Crippen molar-refractivity contribution in [3.05, 3.63) is 48.6 Å². The van der Waals surface area contributed by atoms with Gasteiger partial charge in [0, 0.05) is 5.56 Å². The number of nitrogens with one attached hydrogen (secondary N) is 2. The number of benzene rings is 1. The molecule has 0 bridgehead atoms. The van der Waals surface area contributed by atoms with Gasteiger partial charge in [-0.05, 0) is 31.4 Å². The van der Waals surface area contributed by atoms with Crippen molar-refractivity contribution in [3.8, 4) is 0 Å². The molecule has 6 heteroatoms. The van der Waals surface area contributed by atoms with Crippen LogP contribution >= 0.6 is 0 Å². The molecule has 124 valence electrons. The van der Waals surface area contributed by atoms with Crippen molar-refractivity contribution in [1.82, 2.24) is 10.6 Å². The van der Waals surface area contributed by atoms with Crippen LogP contribution in [0.3, 0.4) is 0 Å². The third kappa shape index (κ3) is 6.78. The molecule has 0 saturated carbocycles. The van der Waals surface area contributed by atoms with Crippen LogP contribution in [0.15, 0.2) is 43.0 Å². The molecule has 0 radical (unpaired) electrons. The lowest BCUT2D eigenvalue weighted by atomic mass is 10.1. The first-order chi connectivity index (χ1) is 11.1. The molecule has 0 aliphatic rings. The van der Waals surface area contributed by atoms with E-state index in [1.54, 1.807) is 36.4 Å². The largest absolute Gasteiger partial charge is 0.467 e. The number of esters is 1. The summed E-state index contributed by atoms with van der Waals surface area (Å²) in [6.45, 7) is 3.40. The molecule has 2 N–H and O–H groups in total. The Labute approximate surface area is 135 Å². The Morgan fingerprint density at radius 2 is 1.96 bits per heavy atom. The summed E-state index contributed by atoms with van der Waals surface area (Å²) in [5.41, 5.74) is 0.468. The van der Waals surface area contributed by atoms with Crippen LogP contribution in [-0.4, -0.2) is 37.5 Å². The van der Waals surface area contributed by atoms with E-state index in [9.17, 15) is 14.4 Å². The molecule has 0 unspecified atom stereocenters. The number of methoxy groups -OCH3 is 1. The SMILES string of the molecule is C=CCCC[C@@H](NC(=O)CNC(=O)c1ccccc1)C(=O)OC. The summed E-state index contributed by atoms with van der Waals surface area (Å²) in [7, 11) is 1.27. The van der Waals surface area contributed by atoms with E-state index in [2.05, 4.69) is 21.9 Å². The van der Waals surface area contributed by atoms with Gasteiger partial charge in [-0.1, -0.05) is 24.3 Å². The summed E-state index contributed by atoms with van der Waals surface area (Å²) in [5, 5.41) is 5.08. The smallest absolute Gasteiger partial charge is 0.328 e. The van der Waals surface area contributed by atoms with Crippen LogP contribution in [0.5, 0.6) is 0 Å². The number of ether oxygens (including phenoxy) is 1. The van der Waals surface area contributed by atoms with Gasteiger partial charge >= 0.3 is 5.97 Å². The molecule has 1 aromatic carbocycles. The second-order valence-electron chi connectivity index (χ2n) is 4.91. The van der Waals surface area contributed by atoms with Gasteiger partial charge in [0.2, 0.25) is 5.91 Å². The zero-order valence-corrected chi connectivity index (χ0v) is 13.2. The Balaban J connectivity index is 2.46. The number of hydrogen-bond donors (Lipinski definition) is 2. The van der Waals surface area contributed by atoms with Crippen LogP contribution in [0.1, 0.15) is 29.6 Å². The van der Waals surface area contributed by atoms with Crippen LogP contribution in [0.25, 0.3) is 0 Å². The van der Waals surface area contributed by atoms with Crippen molar-refractivity contribution < 1.29 is 19.1 Å². The topological polar surface area (TPSA) is 84.5 Å². The molecule has 0 aliphatic carbocycles. The van der Waals surface area contributed by atoms with E-state index in [-0.39, 0.29) is 12.5 Å². The fraction of sp³-hybridized carbons (Fsp3) is 0.353. The monoisotopic (exact) mass is 318 g/mol. The maximum atomic E-state index is 11.9. The molecule has 0 fully saturated rings. The highest BCUT2D eigenvalue weighted by Crippen LogP contribution is 2.03. The van der Waals surface area contributed by atoms with Gasteiger partial charge in [-0.15, -0.1) is 6.58 Å². The van der Waals surface area contributed by atoms with Crippen LogP contribution in [0.4, 0.5) is 0 Å². The molecule has 0 aromatic heterocycles. The zero-order valence-electron chi connectivity index (χ0n) is 13.2. The molecule has 0 heterocycles. The minimum atomic E-state index is -0.721. The van der Waals surface area contributed by atoms with Crippen molar-refractivity contribution in [1.29, 1.82) is 0 Å². The average molecular weight is 318 g/mol. The van der Waals surface area contributed by atoms with Crippen molar-refractivity contribution in [2.45, 2.75) is 25.3 Å². The number of hydrogen-bond acceptors (Lipinski definition) is 4. The highest BCUT2D eigenvalue weighted by atomic mass is 16.5. The van der Waals surface area contributed by atoms with E-state index < -0.39 is 17.9 Å². The maximum Gasteiger partial charge on any atom is 0.328 e. The lowest BCUT2D eigenvalue weighted by Gasteiger charge is -2.16. The Hall–Kier alpha value is -2.63. The van der Waals surface area contributed by atoms with Gasteiger partial charge < -0.3 is 15.4 Å². The first-order valence-corrected chi connectivity index (χ1v) is 7.39. The minimum Gasteiger partial charge on any atom is -0.467 e. The molecular formula is C17H22N2O4. The van der Waals surface area contributed by atoms with E-state index in [0.29, 0.717) is 18.4 Å². The Kier molecular flexibility index (Phi) is 8.13. The third-order valence-electron chi connectivity index (χ3n) is 3.17. The van der Waals surface area contributed by atoms with Gasteiger partial charge in [-0.2, -0.15) is 0 Å². The third-order valence-corrected chi connectivity index (χ3v) is 3.17. The predicted octanol–water partition coefficient (Wildman–Crippen LogP) is 1.43. The number of carbonyl (C=O) groups is 3. The number of carbonyl (C=O) groups excluding carboxylic acids is 3. The maximum absolute atomic E-state index is 11.9. The van der Waals surface area contributed by atoms with Crippen LogP contribution < -0.4 is 10.6 Å². The van der Waals surface area contributed by atoms with Crippen molar-refractivity contribution in [2.24, 2.45) is 0 Å². The van der Waals surface area contributed by atoms with Gasteiger partial charge in [0.05, 0.1) is 13.7 Å². The summed E-state index contributed by atoms with van der Waals surface area (Å²) < 4.78 is 4.67. The molecular weight excluding hydrogens is 296 g/mol. The average Bonchev–Trinajstić information content (AvgIpc) is 2.59. The molecule has 0 saturated heterocycles. The molecule has 23 heavy (non-hydrogen) atoms. The normalized spacial score (nSPS) is 11.2. The van der Waals surface area contributed by atoms with E-state index in [0.717, 1.165) is 6.42 Å². The number of allylic oxidation sites excluding steroid dienone is 1. The van der Waals surface area contributed by atoms with Crippen molar-refractivity contribution in [3.63, 3.8) is 0 Å². The molecule has 1 rings (SSSR count). The van der Waals surface area contributed by atoms with Gasteiger partial charge in [-0.25, -0.2) is 4.79 Å². The summed E-state index contributed by atoms with van der Waals surface area (Å²) in [6.07, 6.45) is 3.65. The molecule has 1 atom stereocenters. The van der Waals surface area contributed by atoms with E-state index in [4.69, 9.17) is 0 Å². The summed E-state index contributed by atoms with van der Waals surface area (Å²) >= 11 is 0. The van der Waals surface area contributed by atoms with E-state index in [1.165, 1.54) is 7.11 Å². The molecule has 6 nitrogen and oxygen atoms in total. The van der Waals surface area contributed by atoms with Crippen LogP contribution in [0, 0.1) is 0 Å². The van der Waals surface area contributed by atoms with Gasteiger partial charge in [-0.3, -0.25) is 9.59 Å². The minimum absolute atomic E-state index is 0.206. The second-order valence-corrected chi connectivity index (χ2v) is 4.91. The molecule has 0 spiro atoms. The van der Waals surface area contributed by atoms with Crippen LogP contribution in [-0.2, 0) is 14.3 Å². The summed E-state index contributed by atoms with van der Waals surface area (Å²) in [6, 6.07) is 7.86. The summed E-state index contributed by atoms with van der Waals surface area (Å²) in [4.78, 5) is 35.4. The quantitative estimate of drug-likeness (QED) is 0.410. The lowest BCUT2D eigenvalue weighted by molar-refractivity contribution is -0.145. The standard InChI is InChI=1S/C17H22N2O4/c1-3-4-6-11-14(17(22)23-2)19-15(20)12-18-16(21)13-9-7-5-8-10-13/h3,5,7-10,14H,1,4,6,11-12H2,2H3,(H,18,21)(H,19,20)/t14-/m1/s1. The predicted molar refractivity (Wildman–Crippen MR) is 86.8 cm³/mol. The van der Waals surface area contributed by atoms with E-state index >= 15 is 0 Å². The molecule has 0 aliphatic heterocycles. The molecule has 2 amide bonds. The Morgan fingerprint density at radius 3 is 2.57 bits per heavy atom. The highest BCUT2D eigenvalue weighted by molar-refractivity contribution is 5.96.